The fourth-order valence-corrected chi connectivity index (χ4v) is 2.57. The van der Waals surface area contributed by atoms with Gasteiger partial charge in [0, 0.05) is 9.80 Å². The third-order valence-electron chi connectivity index (χ3n) is 2.33. The van der Waals surface area contributed by atoms with E-state index < -0.39 is 0 Å². The van der Waals surface area contributed by atoms with Crippen molar-refractivity contribution in [2.24, 2.45) is 0 Å². The van der Waals surface area contributed by atoms with Crippen molar-refractivity contribution in [3.05, 3.63) is 34.3 Å². The Hall–Kier alpha value is 0.1000. The summed E-state index contributed by atoms with van der Waals surface area (Å²) in [7, 11) is 0. The molecule has 1 aromatic carbocycles. The van der Waals surface area contributed by atoms with E-state index in [9.17, 15) is 0 Å². The minimum atomic E-state index is -0.111. The van der Waals surface area contributed by atoms with Crippen LogP contribution in [0.15, 0.2) is 28.7 Å². The second-order valence-corrected chi connectivity index (χ2v) is 6.50. The highest BCUT2D eigenvalue weighted by molar-refractivity contribution is 9.10. The van der Waals surface area contributed by atoms with E-state index in [-0.39, 0.29) is 11.7 Å². The zero-order chi connectivity index (χ0) is 13.6. The van der Waals surface area contributed by atoms with Gasteiger partial charge in [-0.2, -0.15) is 0 Å². The highest BCUT2D eigenvalue weighted by atomic mass is 79.9. The zero-order valence-electron chi connectivity index (χ0n) is 11.1. The van der Waals surface area contributed by atoms with Gasteiger partial charge in [0.15, 0.2) is 0 Å². The Labute approximate surface area is 126 Å². The van der Waals surface area contributed by atoms with Crippen LogP contribution < -0.4 is 0 Å². The predicted molar refractivity (Wildman–Crippen MR) is 82.3 cm³/mol. The zero-order valence-corrected chi connectivity index (χ0v) is 14.3. The first-order chi connectivity index (χ1) is 8.44. The molecular formula is C14H20Br2O2. The molecule has 0 aliphatic heterocycles. The Morgan fingerprint density at radius 3 is 2.39 bits per heavy atom. The van der Waals surface area contributed by atoms with Crippen molar-refractivity contribution in [2.75, 3.05) is 18.5 Å². The molecule has 18 heavy (non-hydrogen) atoms. The largest absolute Gasteiger partial charge is 0.373 e. The Bertz CT molecular complexity index is 361. The molecule has 0 bridgehead atoms. The van der Waals surface area contributed by atoms with Gasteiger partial charge in [-0.05, 0) is 32.4 Å². The smallest absolute Gasteiger partial charge is 0.0933 e. The van der Waals surface area contributed by atoms with Gasteiger partial charge in [-0.3, -0.25) is 0 Å². The first-order valence-electron chi connectivity index (χ1n) is 6.00. The molecule has 0 spiro atoms. The average molecular weight is 380 g/mol. The molecule has 1 atom stereocenters. The topological polar surface area (TPSA) is 18.5 Å². The number of alkyl halides is 1. The lowest BCUT2D eigenvalue weighted by Gasteiger charge is -2.21. The average Bonchev–Trinajstić information content (AvgIpc) is 2.29. The lowest BCUT2D eigenvalue weighted by molar-refractivity contribution is -0.0481. The molecule has 0 radical (unpaired) electrons. The summed E-state index contributed by atoms with van der Waals surface area (Å²) in [4.78, 5) is 0. The van der Waals surface area contributed by atoms with Crippen LogP contribution in [0.25, 0.3) is 0 Å². The van der Waals surface area contributed by atoms with E-state index in [0.29, 0.717) is 13.2 Å². The van der Waals surface area contributed by atoms with Gasteiger partial charge >= 0.3 is 0 Å². The molecule has 1 rings (SSSR count). The van der Waals surface area contributed by atoms with Gasteiger partial charge in [-0.25, -0.2) is 0 Å². The third kappa shape index (κ3) is 5.83. The SMILES string of the molecule is CC(C)(C)OCCOC(CBr)c1ccccc1Br. The van der Waals surface area contributed by atoms with Crippen LogP contribution >= 0.6 is 31.9 Å². The number of hydrogen-bond acceptors (Lipinski definition) is 2. The maximum Gasteiger partial charge on any atom is 0.0933 e. The summed E-state index contributed by atoms with van der Waals surface area (Å²) in [5.41, 5.74) is 1.05. The normalized spacial score (nSPS) is 13.6. The van der Waals surface area contributed by atoms with Crippen LogP contribution in [0.5, 0.6) is 0 Å². The Kier molecular flexibility index (Phi) is 6.85. The quantitative estimate of drug-likeness (QED) is 0.526. The lowest BCUT2D eigenvalue weighted by atomic mass is 10.1. The summed E-state index contributed by atoms with van der Waals surface area (Å²) in [6.45, 7) is 7.33. The predicted octanol–water partition coefficient (Wildman–Crippen LogP) is 4.72. The minimum absolute atomic E-state index is 0.0455. The second kappa shape index (κ2) is 7.63. The van der Waals surface area contributed by atoms with Crippen LogP contribution in [0.1, 0.15) is 32.4 Å². The van der Waals surface area contributed by atoms with Crippen molar-refractivity contribution in [3.8, 4) is 0 Å². The second-order valence-electron chi connectivity index (χ2n) is 5.00. The number of hydrogen-bond donors (Lipinski definition) is 0. The van der Waals surface area contributed by atoms with Crippen LogP contribution in [0.2, 0.25) is 0 Å². The molecule has 0 aliphatic carbocycles. The van der Waals surface area contributed by atoms with Crippen molar-refractivity contribution < 1.29 is 9.47 Å². The Balaban J connectivity index is 2.46. The molecule has 1 aromatic rings. The van der Waals surface area contributed by atoms with Crippen LogP contribution in [-0.4, -0.2) is 24.1 Å². The van der Waals surface area contributed by atoms with Gasteiger partial charge in [0.05, 0.1) is 24.9 Å². The fourth-order valence-electron chi connectivity index (χ4n) is 1.49. The number of benzene rings is 1. The van der Waals surface area contributed by atoms with Crippen LogP contribution in [0, 0.1) is 0 Å². The van der Waals surface area contributed by atoms with E-state index in [4.69, 9.17) is 9.47 Å². The summed E-state index contributed by atoms with van der Waals surface area (Å²) in [5.74, 6) is 0. The summed E-state index contributed by atoms with van der Waals surface area (Å²) in [5, 5.41) is 0.769. The van der Waals surface area contributed by atoms with E-state index in [1.807, 2.05) is 39.0 Å². The molecule has 0 saturated carbocycles. The Morgan fingerprint density at radius 2 is 1.83 bits per heavy atom. The van der Waals surface area contributed by atoms with Crippen molar-refractivity contribution in [1.82, 2.24) is 0 Å². The maximum atomic E-state index is 5.85. The van der Waals surface area contributed by atoms with E-state index >= 15 is 0 Å². The lowest BCUT2D eigenvalue weighted by Crippen LogP contribution is -2.22. The van der Waals surface area contributed by atoms with Crippen molar-refractivity contribution in [1.29, 1.82) is 0 Å². The molecule has 0 aromatic heterocycles. The molecule has 4 heteroatoms. The minimum Gasteiger partial charge on any atom is -0.373 e. The molecule has 102 valence electrons. The van der Waals surface area contributed by atoms with Crippen LogP contribution in [-0.2, 0) is 9.47 Å². The standard InChI is InChI=1S/C14H20Br2O2/c1-14(2,3)18-9-8-17-13(10-15)11-6-4-5-7-12(11)16/h4-7,13H,8-10H2,1-3H3. The molecule has 0 saturated heterocycles. The summed E-state index contributed by atoms with van der Waals surface area (Å²) in [6.07, 6.45) is 0.0455. The van der Waals surface area contributed by atoms with Gasteiger partial charge in [-0.15, -0.1) is 0 Å². The molecule has 0 heterocycles. The number of rotatable bonds is 6. The monoisotopic (exact) mass is 378 g/mol. The van der Waals surface area contributed by atoms with Gasteiger partial charge in [0.2, 0.25) is 0 Å². The maximum absolute atomic E-state index is 5.85. The fraction of sp³-hybridized carbons (Fsp3) is 0.571. The van der Waals surface area contributed by atoms with Gasteiger partial charge in [0.1, 0.15) is 0 Å². The summed E-state index contributed by atoms with van der Waals surface area (Å²) in [6, 6.07) is 8.12. The highest BCUT2D eigenvalue weighted by Crippen LogP contribution is 2.27. The third-order valence-corrected chi connectivity index (χ3v) is 3.64. The van der Waals surface area contributed by atoms with Crippen molar-refractivity contribution >= 4 is 31.9 Å². The van der Waals surface area contributed by atoms with E-state index in [1.54, 1.807) is 0 Å². The molecule has 0 aliphatic rings. The van der Waals surface area contributed by atoms with Crippen LogP contribution in [0.3, 0.4) is 0 Å². The number of halogens is 2. The van der Waals surface area contributed by atoms with Crippen molar-refractivity contribution in [2.45, 2.75) is 32.5 Å². The molecular weight excluding hydrogens is 360 g/mol. The number of ether oxygens (including phenoxy) is 2. The molecule has 0 N–H and O–H groups in total. The van der Waals surface area contributed by atoms with Gasteiger partial charge in [0.25, 0.3) is 0 Å². The van der Waals surface area contributed by atoms with Crippen molar-refractivity contribution in [3.63, 3.8) is 0 Å². The molecule has 0 amide bonds. The summed E-state index contributed by atoms with van der Waals surface area (Å²) < 4.78 is 12.6. The Morgan fingerprint density at radius 1 is 1.17 bits per heavy atom. The summed E-state index contributed by atoms with van der Waals surface area (Å²) >= 11 is 7.04. The van der Waals surface area contributed by atoms with E-state index in [0.717, 1.165) is 15.4 Å². The first-order valence-corrected chi connectivity index (χ1v) is 7.91. The molecule has 2 nitrogen and oxygen atoms in total. The van der Waals surface area contributed by atoms with E-state index in [1.165, 1.54) is 0 Å². The van der Waals surface area contributed by atoms with Gasteiger partial charge in [-0.1, -0.05) is 50.1 Å². The molecule has 0 fully saturated rings. The highest BCUT2D eigenvalue weighted by Gasteiger charge is 2.14. The molecule has 1 unspecified atom stereocenters. The van der Waals surface area contributed by atoms with Gasteiger partial charge < -0.3 is 9.47 Å². The van der Waals surface area contributed by atoms with E-state index in [2.05, 4.69) is 37.9 Å². The first kappa shape index (κ1) is 16.2. The van der Waals surface area contributed by atoms with Crippen LogP contribution in [0.4, 0.5) is 0 Å².